The van der Waals surface area contributed by atoms with E-state index >= 15 is 0 Å². The zero-order chi connectivity index (χ0) is 13.2. The summed E-state index contributed by atoms with van der Waals surface area (Å²) in [7, 11) is 0. The van der Waals surface area contributed by atoms with E-state index in [-0.39, 0.29) is 0 Å². The highest BCUT2D eigenvalue weighted by atomic mass is 15.1. The van der Waals surface area contributed by atoms with Crippen molar-refractivity contribution in [3.63, 3.8) is 0 Å². The van der Waals surface area contributed by atoms with Crippen molar-refractivity contribution >= 4 is 5.69 Å². The Morgan fingerprint density at radius 1 is 1.05 bits per heavy atom. The summed E-state index contributed by atoms with van der Waals surface area (Å²) in [6, 6.07) is 17.0. The molecule has 2 heteroatoms. The zero-order valence-electron chi connectivity index (χ0n) is 11.3. The Bertz CT molecular complexity index is 563. The van der Waals surface area contributed by atoms with Gasteiger partial charge in [0.25, 0.3) is 0 Å². The molecular formula is C17H20N2. The van der Waals surface area contributed by atoms with E-state index in [2.05, 4.69) is 54.3 Å². The van der Waals surface area contributed by atoms with Crippen molar-refractivity contribution in [3.05, 3.63) is 65.2 Å². The van der Waals surface area contributed by atoms with Crippen LogP contribution in [0.15, 0.2) is 48.5 Å². The average molecular weight is 252 g/mol. The third-order valence-electron chi connectivity index (χ3n) is 3.92. The van der Waals surface area contributed by atoms with E-state index in [1.165, 1.54) is 16.7 Å². The molecule has 3 rings (SSSR count). The Morgan fingerprint density at radius 3 is 2.58 bits per heavy atom. The highest BCUT2D eigenvalue weighted by Gasteiger charge is 2.20. The summed E-state index contributed by atoms with van der Waals surface area (Å²) >= 11 is 0. The molecule has 0 spiro atoms. The number of nitrogen functional groups attached to an aromatic ring is 1. The maximum Gasteiger partial charge on any atom is 0.0317 e. The Balaban J connectivity index is 1.67. The van der Waals surface area contributed by atoms with Gasteiger partial charge in [0, 0.05) is 25.3 Å². The summed E-state index contributed by atoms with van der Waals surface area (Å²) < 4.78 is 0. The molecule has 0 amide bonds. The molecule has 1 unspecified atom stereocenters. The first-order chi connectivity index (χ1) is 9.22. The van der Waals surface area contributed by atoms with Gasteiger partial charge in [-0.15, -0.1) is 0 Å². The number of anilines is 1. The van der Waals surface area contributed by atoms with Crippen LogP contribution in [0.2, 0.25) is 0 Å². The SMILES string of the molecule is CC(CN1Cc2ccc(N)cc2C1)c1ccccc1. The lowest BCUT2D eigenvalue weighted by Gasteiger charge is -2.20. The number of hydrogen-bond acceptors (Lipinski definition) is 2. The van der Waals surface area contributed by atoms with Gasteiger partial charge in [-0.3, -0.25) is 4.90 Å². The molecule has 2 aromatic rings. The number of rotatable bonds is 3. The molecule has 0 radical (unpaired) electrons. The third-order valence-corrected chi connectivity index (χ3v) is 3.92. The normalized spacial score (nSPS) is 16.3. The summed E-state index contributed by atoms with van der Waals surface area (Å²) in [6.45, 7) is 5.47. The maximum atomic E-state index is 5.85. The minimum absolute atomic E-state index is 0.563. The summed E-state index contributed by atoms with van der Waals surface area (Å²) in [4.78, 5) is 2.50. The Morgan fingerprint density at radius 2 is 1.79 bits per heavy atom. The van der Waals surface area contributed by atoms with Gasteiger partial charge in [0.1, 0.15) is 0 Å². The highest BCUT2D eigenvalue weighted by molar-refractivity contribution is 5.46. The van der Waals surface area contributed by atoms with Crippen LogP contribution >= 0.6 is 0 Å². The number of hydrogen-bond donors (Lipinski definition) is 1. The van der Waals surface area contributed by atoms with Crippen LogP contribution < -0.4 is 5.73 Å². The molecule has 19 heavy (non-hydrogen) atoms. The van der Waals surface area contributed by atoms with Crippen LogP contribution in [-0.2, 0) is 13.1 Å². The van der Waals surface area contributed by atoms with E-state index in [0.717, 1.165) is 25.3 Å². The Labute approximate surface area is 114 Å². The molecule has 0 saturated heterocycles. The van der Waals surface area contributed by atoms with Crippen molar-refractivity contribution in [1.29, 1.82) is 0 Å². The van der Waals surface area contributed by atoms with Crippen molar-refractivity contribution < 1.29 is 0 Å². The van der Waals surface area contributed by atoms with Crippen molar-refractivity contribution in [2.45, 2.75) is 25.9 Å². The van der Waals surface area contributed by atoms with Gasteiger partial charge < -0.3 is 5.73 Å². The molecule has 0 aromatic heterocycles. The molecule has 0 aliphatic carbocycles. The monoisotopic (exact) mass is 252 g/mol. The van der Waals surface area contributed by atoms with Crippen LogP contribution in [0, 0.1) is 0 Å². The molecule has 2 nitrogen and oxygen atoms in total. The van der Waals surface area contributed by atoms with Crippen molar-refractivity contribution in [3.8, 4) is 0 Å². The lowest BCUT2D eigenvalue weighted by Crippen LogP contribution is -2.22. The predicted octanol–water partition coefficient (Wildman–Crippen LogP) is 3.39. The maximum absolute atomic E-state index is 5.85. The standard InChI is InChI=1S/C17H20N2/c1-13(14-5-3-2-4-6-14)10-19-11-15-7-8-17(18)9-16(15)12-19/h2-9,13H,10-12,18H2,1H3. The summed E-state index contributed by atoms with van der Waals surface area (Å²) in [5.41, 5.74) is 11.0. The summed E-state index contributed by atoms with van der Waals surface area (Å²) in [5.74, 6) is 0.563. The fraction of sp³-hybridized carbons (Fsp3) is 0.294. The van der Waals surface area contributed by atoms with Crippen LogP contribution in [0.1, 0.15) is 29.5 Å². The predicted molar refractivity (Wildman–Crippen MR) is 79.8 cm³/mol. The largest absolute Gasteiger partial charge is 0.399 e. The highest BCUT2D eigenvalue weighted by Crippen LogP contribution is 2.27. The average Bonchev–Trinajstić information content (AvgIpc) is 2.81. The minimum atomic E-state index is 0.563. The van der Waals surface area contributed by atoms with Crippen LogP contribution in [0.25, 0.3) is 0 Å². The molecule has 0 bridgehead atoms. The number of nitrogens with two attached hydrogens (primary N) is 1. The van der Waals surface area contributed by atoms with Gasteiger partial charge in [-0.1, -0.05) is 43.3 Å². The molecule has 2 aromatic carbocycles. The van der Waals surface area contributed by atoms with Gasteiger partial charge in [0.15, 0.2) is 0 Å². The van der Waals surface area contributed by atoms with Gasteiger partial charge >= 0.3 is 0 Å². The first-order valence-corrected chi connectivity index (χ1v) is 6.87. The fourth-order valence-electron chi connectivity index (χ4n) is 2.89. The van der Waals surface area contributed by atoms with E-state index in [1.54, 1.807) is 0 Å². The van der Waals surface area contributed by atoms with Crippen LogP contribution in [0.3, 0.4) is 0 Å². The third kappa shape index (κ3) is 2.64. The molecule has 1 heterocycles. The Hall–Kier alpha value is -1.80. The second-order valence-corrected chi connectivity index (χ2v) is 5.51. The molecule has 0 fully saturated rings. The Kier molecular flexibility index (Phi) is 3.26. The van der Waals surface area contributed by atoms with Crippen LogP contribution in [0.5, 0.6) is 0 Å². The van der Waals surface area contributed by atoms with Crippen molar-refractivity contribution in [1.82, 2.24) is 4.90 Å². The molecule has 1 aliphatic heterocycles. The molecule has 98 valence electrons. The number of nitrogens with zero attached hydrogens (tertiary/aromatic N) is 1. The van der Waals surface area contributed by atoms with Crippen molar-refractivity contribution in [2.24, 2.45) is 0 Å². The van der Waals surface area contributed by atoms with Gasteiger partial charge in [0.2, 0.25) is 0 Å². The molecule has 0 saturated carbocycles. The summed E-state index contributed by atoms with van der Waals surface area (Å²) in [6.07, 6.45) is 0. The van der Waals surface area contributed by atoms with Gasteiger partial charge in [-0.05, 0) is 34.7 Å². The molecule has 2 N–H and O–H groups in total. The van der Waals surface area contributed by atoms with Gasteiger partial charge in [-0.25, -0.2) is 0 Å². The summed E-state index contributed by atoms with van der Waals surface area (Å²) in [5, 5.41) is 0. The van der Waals surface area contributed by atoms with Gasteiger partial charge in [-0.2, -0.15) is 0 Å². The second kappa shape index (κ2) is 5.06. The quantitative estimate of drug-likeness (QED) is 0.848. The molecule has 1 aliphatic rings. The van der Waals surface area contributed by atoms with Gasteiger partial charge in [0.05, 0.1) is 0 Å². The van der Waals surface area contributed by atoms with E-state index < -0.39 is 0 Å². The van der Waals surface area contributed by atoms with E-state index in [4.69, 9.17) is 5.73 Å². The lowest BCUT2D eigenvalue weighted by atomic mass is 10.0. The van der Waals surface area contributed by atoms with Crippen molar-refractivity contribution in [2.75, 3.05) is 12.3 Å². The minimum Gasteiger partial charge on any atom is -0.399 e. The second-order valence-electron chi connectivity index (χ2n) is 5.51. The molecule has 1 atom stereocenters. The molecular weight excluding hydrogens is 232 g/mol. The fourth-order valence-corrected chi connectivity index (χ4v) is 2.89. The first kappa shape index (κ1) is 12.2. The van der Waals surface area contributed by atoms with Crippen LogP contribution in [-0.4, -0.2) is 11.4 Å². The topological polar surface area (TPSA) is 29.3 Å². The lowest BCUT2D eigenvalue weighted by molar-refractivity contribution is 0.269. The number of benzene rings is 2. The van der Waals surface area contributed by atoms with E-state index in [1.807, 2.05) is 6.07 Å². The first-order valence-electron chi connectivity index (χ1n) is 6.87. The van der Waals surface area contributed by atoms with E-state index in [0.29, 0.717) is 5.92 Å². The zero-order valence-corrected chi connectivity index (χ0v) is 11.3. The van der Waals surface area contributed by atoms with Crippen LogP contribution in [0.4, 0.5) is 5.69 Å². The van der Waals surface area contributed by atoms with E-state index in [9.17, 15) is 0 Å². The number of fused-ring (bicyclic) bond motifs is 1. The smallest absolute Gasteiger partial charge is 0.0317 e.